The molecule has 2 N–H and O–H groups in total. The van der Waals surface area contributed by atoms with Crippen molar-refractivity contribution in [3.05, 3.63) is 57.0 Å². The van der Waals surface area contributed by atoms with Crippen LogP contribution >= 0.6 is 11.3 Å². The van der Waals surface area contributed by atoms with Gasteiger partial charge in [-0.1, -0.05) is 0 Å². The highest BCUT2D eigenvalue weighted by molar-refractivity contribution is 7.08. The van der Waals surface area contributed by atoms with Crippen molar-refractivity contribution in [3.63, 3.8) is 0 Å². The first-order chi connectivity index (χ1) is 11.5. The Balaban J connectivity index is 1.47. The smallest absolute Gasteiger partial charge is 0.161 e. The number of nitrogens with two attached hydrogens (primary N) is 1. The van der Waals surface area contributed by atoms with Crippen LogP contribution < -0.4 is 5.73 Å². The number of rotatable bonds is 2. The van der Waals surface area contributed by atoms with E-state index < -0.39 is 17.5 Å². The molecule has 2 aliphatic rings. The van der Waals surface area contributed by atoms with E-state index in [2.05, 4.69) is 15.7 Å². The molecular formula is C18H19F3N2S. The minimum atomic E-state index is -1.15. The van der Waals surface area contributed by atoms with E-state index in [0.717, 1.165) is 32.0 Å². The quantitative estimate of drug-likeness (QED) is 0.823. The third kappa shape index (κ3) is 2.76. The van der Waals surface area contributed by atoms with Crippen LogP contribution in [0.4, 0.5) is 13.2 Å². The number of nitrogens with zero attached hydrogens (tertiary/aromatic N) is 1. The van der Waals surface area contributed by atoms with Gasteiger partial charge in [0.2, 0.25) is 0 Å². The Morgan fingerprint density at radius 2 is 1.62 bits per heavy atom. The molecule has 1 fully saturated rings. The predicted octanol–water partition coefficient (Wildman–Crippen LogP) is 4.14. The molecule has 0 bridgehead atoms. The van der Waals surface area contributed by atoms with Gasteiger partial charge in [0.05, 0.1) is 0 Å². The lowest BCUT2D eigenvalue weighted by Gasteiger charge is -2.38. The SMILES string of the molecule is N[C@H]1C[C@@H](N2Cc3cscc3C2)CC[C@@H]1c1cc(F)c(F)cc1F. The zero-order chi connectivity index (χ0) is 16.8. The normalized spacial score (nSPS) is 27.4. The van der Waals surface area contributed by atoms with Crippen LogP contribution in [0, 0.1) is 17.5 Å². The largest absolute Gasteiger partial charge is 0.327 e. The molecule has 2 heterocycles. The van der Waals surface area contributed by atoms with E-state index in [0.29, 0.717) is 18.5 Å². The molecule has 0 amide bonds. The fraction of sp³-hybridized carbons (Fsp3) is 0.444. The zero-order valence-corrected chi connectivity index (χ0v) is 14.0. The van der Waals surface area contributed by atoms with Gasteiger partial charge < -0.3 is 5.73 Å². The topological polar surface area (TPSA) is 29.3 Å². The van der Waals surface area contributed by atoms with E-state index in [1.54, 1.807) is 11.3 Å². The van der Waals surface area contributed by atoms with E-state index >= 15 is 0 Å². The first kappa shape index (κ1) is 16.1. The van der Waals surface area contributed by atoms with Crippen molar-refractivity contribution < 1.29 is 13.2 Å². The summed E-state index contributed by atoms with van der Waals surface area (Å²) in [6.45, 7) is 1.89. The summed E-state index contributed by atoms with van der Waals surface area (Å²) in [7, 11) is 0. The standard InChI is InChI=1S/C18H19F3N2S/c19-15-5-17(21)16(20)4-14(15)13-2-1-12(3-18(13)22)23-6-10-8-24-9-11(10)7-23/h4-5,8-9,12-13,18H,1-3,6-7,22H2/t12-,13+,18-/m0/s1. The number of benzene rings is 1. The molecule has 0 spiro atoms. The third-order valence-corrected chi connectivity index (χ3v) is 6.25. The molecule has 0 saturated heterocycles. The van der Waals surface area contributed by atoms with Crippen molar-refractivity contribution >= 4 is 11.3 Å². The van der Waals surface area contributed by atoms with Gasteiger partial charge in [-0.2, -0.15) is 11.3 Å². The van der Waals surface area contributed by atoms with Crippen molar-refractivity contribution in [2.24, 2.45) is 5.73 Å². The highest BCUT2D eigenvalue weighted by atomic mass is 32.1. The van der Waals surface area contributed by atoms with Crippen molar-refractivity contribution in [3.8, 4) is 0 Å². The minimum absolute atomic E-state index is 0.208. The van der Waals surface area contributed by atoms with Crippen LogP contribution in [-0.2, 0) is 13.1 Å². The van der Waals surface area contributed by atoms with Crippen LogP contribution in [0.5, 0.6) is 0 Å². The maximum atomic E-state index is 14.1. The fourth-order valence-electron chi connectivity index (χ4n) is 4.10. The summed E-state index contributed by atoms with van der Waals surface area (Å²) >= 11 is 1.73. The molecule has 24 heavy (non-hydrogen) atoms. The Morgan fingerprint density at radius 1 is 0.958 bits per heavy atom. The van der Waals surface area contributed by atoms with Gasteiger partial charge in [-0.05, 0) is 52.8 Å². The Labute approximate surface area is 143 Å². The molecule has 3 atom stereocenters. The summed E-state index contributed by atoms with van der Waals surface area (Å²) in [6.07, 6.45) is 2.33. The molecule has 1 saturated carbocycles. The molecule has 2 nitrogen and oxygen atoms in total. The second kappa shape index (κ2) is 6.17. The van der Waals surface area contributed by atoms with E-state index in [1.807, 2.05) is 0 Å². The molecule has 2 aromatic rings. The van der Waals surface area contributed by atoms with Crippen molar-refractivity contribution in [1.29, 1.82) is 0 Å². The molecule has 1 aromatic heterocycles. The zero-order valence-electron chi connectivity index (χ0n) is 13.1. The fourth-order valence-corrected chi connectivity index (χ4v) is 4.95. The van der Waals surface area contributed by atoms with E-state index in [4.69, 9.17) is 5.73 Å². The maximum Gasteiger partial charge on any atom is 0.161 e. The van der Waals surface area contributed by atoms with Gasteiger partial charge >= 0.3 is 0 Å². The van der Waals surface area contributed by atoms with Gasteiger partial charge in [0.1, 0.15) is 5.82 Å². The van der Waals surface area contributed by atoms with Gasteiger partial charge in [0.15, 0.2) is 11.6 Å². The summed E-state index contributed by atoms with van der Waals surface area (Å²) in [5.41, 5.74) is 9.29. The summed E-state index contributed by atoms with van der Waals surface area (Å²) in [5.74, 6) is -3.12. The van der Waals surface area contributed by atoms with Gasteiger partial charge in [-0.3, -0.25) is 4.90 Å². The third-order valence-electron chi connectivity index (χ3n) is 5.41. The van der Waals surface area contributed by atoms with Gasteiger partial charge in [-0.25, -0.2) is 13.2 Å². The molecule has 128 valence electrons. The summed E-state index contributed by atoms with van der Waals surface area (Å²) in [4.78, 5) is 2.43. The highest BCUT2D eigenvalue weighted by Gasteiger charge is 2.35. The van der Waals surface area contributed by atoms with Gasteiger partial charge in [-0.15, -0.1) is 0 Å². The molecule has 0 unspecified atom stereocenters. The summed E-state index contributed by atoms with van der Waals surface area (Å²) in [6, 6.07) is 1.72. The average Bonchev–Trinajstić information content (AvgIpc) is 3.13. The lowest BCUT2D eigenvalue weighted by Crippen LogP contribution is -2.44. The number of fused-ring (bicyclic) bond motifs is 1. The molecule has 1 aromatic carbocycles. The lowest BCUT2D eigenvalue weighted by molar-refractivity contribution is 0.137. The number of hydrogen-bond donors (Lipinski definition) is 1. The monoisotopic (exact) mass is 352 g/mol. The van der Waals surface area contributed by atoms with Crippen LogP contribution in [0.2, 0.25) is 0 Å². The molecule has 1 aliphatic carbocycles. The number of halogens is 3. The van der Waals surface area contributed by atoms with E-state index in [9.17, 15) is 13.2 Å². The second-order valence-electron chi connectivity index (χ2n) is 6.85. The molecule has 1 aliphatic heterocycles. The van der Waals surface area contributed by atoms with Crippen molar-refractivity contribution in [2.75, 3.05) is 0 Å². The van der Waals surface area contributed by atoms with Crippen LogP contribution in [0.3, 0.4) is 0 Å². The van der Waals surface area contributed by atoms with Gasteiger partial charge in [0, 0.05) is 37.2 Å². The summed E-state index contributed by atoms with van der Waals surface area (Å²) < 4.78 is 40.7. The first-order valence-electron chi connectivity index (χ1n) is 8.21. The van der Waals surface area contributed by atoms with Crippen LogP contribution in [-0.4, -0.2) is 17.0 Å². The Bertz CT molecular complexity index is 740. The second-order valence-corrected chi connectivity index (χ2v) is 7.60. The molecular weight excluding hydrogens is 333 g/mol. The first-order valence-corrected chi connectivity index (χ1v) is 9.15. The Hall–Kier alpha value is -1.37. The lowest BCUT2D eigenvalue weighted by atomic mass is 9.77. The Kier molecular flexibility index (Phi) is 4.14. The Morgan fingerprint density at radius 3 is 2.29 bits per heavy atom. The average molecular weight is 352 g/mol. The number of thiophene rings is 1. The molecule has 6 heteroatoms. The van der Waals surface area contributed by atoms with Crippen molar-refractivity contribution in [2.45, 2.75) is 50.4 Å². The van der Waals surface area contributed by atoms with Gasteiger partial charge in [0.25, 0.3) is 0 Å². The van der Waals surface area contributed by atoms with Crippen molar-refractivity contribution in [1.82, 2.24) is 4.90 Å². The minimum Gasteiger partial charge on any atom is -0.327 e. The predicted molar refractivity (Wildman–Crippen MR) is 88.2 cm³/mol. The van der Waals surface area contributed by atoms with E-state index in [-0.39, 0.29) is 17.5 Å². The highest BCUT2D eigenvalue weighted by Crippen LogP contribution is 2.38. The number of hydrogen-bond acceptors (Lipinski definition) is 3. The maximum absolute atomic E-state index is 14.1. The van der Waals surface area contributed by atoms with Crippen LogP contribution in [0.15, 0.2) is 22.9 Å². The van der Waals surface area contributed by atoms with Crippen LogP contribution in [0.1, 0.15) is 41.9 Å². The van der Waals surface area contributed by atoms with E-state index in [1.165, 1.54) is 11.1 Å². The molecule has 4 rings (SSSR count). The van der Waals surface area contributed by atoms with Crippen LogP contribution in [0.25, 0.3) is 0 Å². The molecule has 0 radical (unpaired) electrons. The summed E-state index contributed by atoms with van der Waals surface area (Å²) in [5, 5.41) is 4.38.